The molecule has 0 radical (unpaired) electrons. The van der Waals surface area contributed by atoms with Crippen molar-refractivity contribution in [3.8, 4) is 124 Å². The lowest BCUT2D eigenvalue weighted by molar-refractivity contribution is 1.07. The van der Waals surface area contributed by atoms with E-state index in [0.717, 1.165) is 128 Å². The number of benzene rings is 18. The standard InChI is InChI=1S/C110H68N10/c1-7-24-69(25-8-1)105-111-106(70-26-9-2-10-27-70)114-109(113-105)73-44-52-84(53-45-73)118-97-41-22-20-37-89(97)92-64-76(49-58-99(92)118)78-51-60-101-95(67-78)104-90-39-23-38-86(87(90)56-61-102(104)119(101)83-34-17-6-18-35-83)80-43-42-79-66-94-93-65-77(75-48-57-98-91(63-75)88-36-19-21-40-96(88)117(98)82-32-15-5-16-33-82)50-59-100(93)120(103(94)68-81(79)62-80)85-54-46-74(47-55-85)110-115-107(71-28-11-3-12-29-71)112-108(116-110)72-30-13-4-14-31-72/h1-68H. The molecule has 0 saturated carbocycles. The van der Waals surface area contributed by atoms with E-state index in [1.54, 1.807) is 0 Å². The Bertz CT molecular complexity index is 8110. The monoisotopic (exact) mass is 1530 g/mol. The molecule has 558 valence electrons. The van der Waals surface area contributed by atoms with Gasteiger partial charge in [0.1, 0.15) is 0 Å². The lowest BCUT2D eigenvalue weighted by atomic mass is 9.93. The Morgan fingerprint density at radius 3 is 0.875 bits per heavy atom. The smallest absolute Gasteiger partial charge is 0.164 e. The first-order valence-corrected chi connectivity index (χ1v) is 40.6. The van der Waals surface area contributed by atoms with Crippen LogP contribution in [0.4, 0.5) is 0 Å². The second-order valence-electron chi connectivity index (χ2n) is 30.9. The van der Waals surface area contributed by atoms with Crippen molar-refractivity contribution in [1.29, 1.82) is 0 Å². The maximum Gasteiger partial charge on any atom is 0.164 e. The Morgan fingerprint density at radius 2 is 0.442 bits per heavy atom. The first kappa shape index (κ1) is 68.1. The number of rotatable bonds is 13. The summed E-state index contributed by atoms with van der Waals surface area (Å²) in [7, 11) is 0. The van der Waals surface area contributed by atoms with Crippen LogP contribution in [-0.2, 0) is 0 Å². The summed E-state index contributed by atoms with van der Waals surface area (Å²) in [5.41, 5.74) is 25.8. The summed E-state index contributed by atoms with van der Waals surface area (Å²) in [5.74, 6) is 3.74. The minimum Gasteiger partial charge on any atom is -0.309 e. The van der Waals surface area contributed by atoms with Crippen molar-refractivity contribution in [3.05, 3.63) is 413 Å². The SMILES string of the molecule is c1ccc(-c2nc(-c3ccccc3)nc(-c3ccc(-n4c5ccccc5c5cc(-c6ccc7c(c6)c6c8cccc(-c9ccc%10cc%11c%12cc(-c%13ccc%14c(c%13)c%13ccccc%13n%14-c%13ccccc%13)ccc%12n(-c%12ccc(-c%13nc(-c%14ccccc%14)nc(-c%14ccccc%14)n%13)cc%12)c%11cc%10c9)c8ccc6n7-c6ccccc6)ccc54)cc3)n2)cc1. The van der Waals surface area contributed by atoms with Gasteiger partial charge in [-0.3, -0.25) is 0 Å². The number of aromatic nitrogens is 10. The first-order chi connectivity index (χ1) is 59.5. The largest absolute Gasteiger partial charge is 0.309 e. The van der Waals surface area contributed by atoms with Crippen molar-refractivity contribution in [1.82, 2.24) is 48.2 Å². The average molecular weight is 1530 g/mol. The van der Waals surface area contributed by atoms with Crippen molar-refractivity contribution < 1.29 is 0 Å². The highest BCUT2D eigenvalue weighted by atomic mass is 15.1. The molecule has 0 fully saturated rings. The third-order valence-corrected chi connectivity index (χ3v) is 24.0. The van der Waals surface area contributed by atoms with Crippen LogP contribution >= 0.6 is 0 Å². The Morgan fingerprint density at radius 1 is 0.142 bits per heavy atom. The van der Waals surface area contributed by atoms with Gasteiger partial charge in [-0.05, 0) is 213 Å². The van der Waals surface area contributed by atoms with Crippen molar-refractivity contribution in [2.24, 2.45) is 0 Å². The van der Waals surface area contributed by atoms with Gasteiger partial charge >= 0.3 is 0 Å². The molecule has 0 saturated heterocycles. The van der Waals surface area contributed by atoms with Crippen molar-refractivity contribution >= 4 is 109 Å². The quantitative estimate of drug-likeness (QED) is 0.114. The van der Waals surface area contributed by atoms with Gasteiger partial charge in [-0.2, -0.15) is 0 Å². The van der Waals surface area contributed by atoms with Gasteiger partial charge in [0.2, 0.25) is 0 Å². The number of nitrogens with zero attached hydrogens (tertiary/aromatic N) is 10. The molecule has 10 nitrogen and oxygen atoms in total. The summed E-state index contributed by atoms with van der Waals surface area (Å²) >= 11 is 0. The van der Waals surface area contributed by atoms with Crippen LogP contribution in [0.1, 0.15) is 0 Å². The average Bonchev–Trinajstić information content (AvgIpc) is 1.57. The zero-order chi connectivity index (χ0) is 78.9. The number of para-hydroxylation sites is 4. The van der Waals surface area contributed by atoms with E-state index in [-0.39, 0.29) is 0 Å². The molecule has 18 aromatic carbocycles. The molecule has 120 heavy (non-hydrogen) atoms. The highest BCUT2D eigenvalue weighted by Crippen LogP contribution is 2.46. The Hall–Kier alpha value is -16.3. The lowest BCUT2D eigenvalue weighted by Crippen LogP contribution is -2.00. The normalized spacial score (nSPS) is 11.8. The van der Waals surface area contributed by atoms with E-state index in [1.165, 1.54) is 70.5 Å². The van der Waals surface area contributed by atoms with Gasteiger partial charge in [0.15, 0.2) is 34.9 Å². The number of fused-ring (bicyclic) bond motifs is 15. The predicted octanol–water partition coefficient (Wildman–Crippen LogP) is 27.8. The second-order valence-corrected chi connectivity index (χ2v) is 30.9. The number of hydrogen-bond acceptors (Lipinski definition) is 6. The van der Waals surface area contributed by atoms with Gasteiger partial charge < -0.3 is 18.3 Å². The molecule has 0 amide bonds. The fraction of sp³-hybridized carbons (Fsp3) is 0. The van der Waals surface area contributed by atoms with Gasteiger partial charge in [-0.1, -0.05) is 255 Å². The molecule has 0 aliphatic heterocycles. The molecule has 0 bridgehead atoms. The summed E-state index contributed by atoms with van der Waals surface area (Å²) in [6, 6.07) is 148. The Kier molecular flexibility index (Phi) is 15.7. The zero-order valence-electron chi connectivity index (χ0n) is 64.7. The van der Waals surface area contributed by atoms with E-state index in [4.69, 9.17) is 29.9 Å². The van der Waals surface area contributed by atoms with Crippen LogP contribution in [0.3, 0.4) is 0 Å². The molecular formula is C110H68N10. The number of hydrogen-bond donors (Lipinski definition) is 0. The van der Waals surface area contributed by atoms with Crippen molar-refractivity contribution in [2.45, 2.75) is 0 Å². The predicted molar refractivity (Wildman–Crippen MR) is 495 cm³/mol. The molecular weight excluding hydrogens is 1460 g/mol. The molecule has 0 aliphatic carbocycles. The van der Waals surface area contributed by atoms with Gasteiger partial charge in [0.05, 0.1) is 44.1 Å². The molecule has 0 spiro atoms. The third-order valence-electron chi connectivity index (χ3n) is 24.0. The summed E-state index contributed by atoms with van der Waals surface area (Å²) in [5, 5.41) is 14.2. The van der Waals surface area contributed by atoms with Crippen LogP contribution in [0.5, 0.6) is 0 Å². The molecule has 6 heterocycles. The van der Waals surface area contributed by atoms with E-state index < -0.39 is 0 Å². The van der Waals surface area contributed by atoms with Crippen LogP contribution in [0.25, 0.3) is 233 Å². The van der Waals surface area contributed by atoms with Crippen LogP contribution in [0.15, 0.2) is 413 Å². The van der Waals surface area contributed by atoms with E-state index in [9.17, 15) is 0 Å². The fourth-order valence-electron chi connectivity index (χ4n) is 18.4. The maximum absolute atomic E-state index is 5.13. The summed E-state index contributed by atoms with van der Waals surface area (Å²) in [4.78, 5) is 30.3. The van der Waals surface area contributed by atoms with Gasteiger partial charge in [0, 0.05) is 99.2 Å². The van der Waals surface area contributed by atoms with E-state index in [2.05, 4.69) is 334 Å². The molecule has 24 rings (SSSR count). The molecule has 6 aromatic heterocycles. The third kappa shape index (κ3) is 11.3. The van der Waals surface area contributed by atoms with E-state index in [1.807, 2.05) is 97.1 Å². The summed E-state index contributed by atoms with van der Waals surface area (Å²) in [6.45, 7) is 0. The second kappa shape index (κ2) is 27.7. The summed E-state index contributed by atoms with van der Waals surface area (Å²) in [6.07, 6.45) is 0. The van der Waals surface area contributed by atoms with Crippen LogP contribution < -0.4 is 0 Å². The lowest BCUT2D eigenvalue weighted by Gasteiger charge is -2.12. The van der Waals surface area contributed by atoms with Gasteiger partial charge in [0.25, 0.3) is 0 Å². The van der Waals surface area contributed by atoms with Crippen LogP contribution in [-0.4, -0.2) is 48.2 Å². The maximum atomic E-state index is 5.13. The van der Waals surface area contributed by atoms with E-state index >= 15 is 0 Å². The van der Waals surface area contributed by atoms with Gasteiger partial charge in [-0.15, -0.1) is 0 Å². The molecule has 24 aromatic rings. The van der Waals surface area contributed by atoms with E-state index in [0.29, 0.717) is 34.9 Å². The highest BCUT2D eigenvalue weighted by Gasteiger charge is 2.24. The minimum atomic E-state index is 0.606. The minimum absolute atomic E-state index is 0.606. The topological polar surface area (TPSA) is 97.1 Å². The molecule has 0 aliphatic rings. The Labute approximate surface area is 689 Å². The van der Waals surface area contributed by atoms with Crippen LogP contribution in [0.2, 0.25) is 0 Å². The molecule has 0 unspecified atom stereocenters. The fourth-order valence-corrected chi connectivity index (χ4v) is 18.4. The molecule has 0 N–H and O–H groups in total. The summed E-state index contributed by atoms with van der Waals surface area (Å²) < 4.78 is 9.63. The van der Waals surface area contributed by atoms with Crippen molar-refractivity contribution in [3.63, 3.8) is 0 Å². The highest BCUT2D eigenvalue weighted by molar-refractivity contribution is 6.24. The first-order valence-electron chi connectivity index (χ1n) is 40.6. The van der Waals surface area contributed by atoms with Gasteiger partial charge in [-0.25, -0.2) is 29.9 Å². The molecule has 10 heteroatoms. The van der Waals surface area contributed by atoms with Crippen molar-refractivity contribution in [2.75, 3.05) is 0 Å². The van der Waals surface area contributed by atoms with Crippen LogP contribution in [0, 0.1) is 0 Å². The Balaban J connectivity index is 0.627. The zero-order valence-corrected chi connectivity index (χ0v) is 64.7. The molecule has 0 atom stereocenters.